The first kappa shape index (κ1) is 38.6. The van der Waals surface area contributed by atoms with Crippen molar-refractivity contribution in [3.8, 4) is 0 Å². The Morgan fingerprint density at radius 1 is 0.394 bits per heavy atom. The second-order valence-corrected chi connectivity index (χ2v) is 11.9. The third-order valence-corrected chi connectivity index (χ3v) is 7.07. The smallest absolute Gasteiger partial charge is 0.748 e. The Labute approximate surface area is 236 Å². The number of hydrogen-bond donors (Lipinski definition) is 0. The van der Waals surface area contributed by atoms with E-state index in [0.717, 1.165) is 25.7 Å². The average Bonchev–Trinajstić information content (AvgIpc) is 2.70. The summed E-state index contributed by atoms with van der Waals surface area (Å²) in [6, 6.07) is 0. The van der Waals surface area contributed by atoms with Gasteiger partial charge in [0.05, 0.1) is 20.2 Å². The maximum atomic E-state index is 10.3. The molecule has 0 rings (SSSR count). The van der Waals surface area contributed by atoms with Gasteiger partial charge in [0, 0.05) is 11.5 Å². The van der Waals surface area contributed by atoms with Crippen LogP contribution in [0.4, 0.5) is 0 Å². The van der Waals surface area contributed by atoms with Crippen LogP contribution in [-0.2, 0) is 20.2 Å². The first-order chi connectivity index (χ1) is 15.1. The Morgan fingerprint density at radius 2 is 0.576 bits per heavy atom. The standard InChI is InChI=1S/2C12H26O3S.Ca/c2*1-2-3-4-5-6-7-8-9-10-11-12-16(13,14)15;/h2*2-12H2,1H3,(H,13,14,15);/q;;+2/p-2. The average molecular weight is 539 g/mol. The number of hydrogen-bond acceptors (Lipinski definition) is 6. The van der Waals surface area contributed by atoms with Gasteiger partial charge in [-0.05, 0) is 12.8 Å². The van der Waals surface area contributed by atoms with Gasteiger partial charge in [-0.25, -0.2) is 16.8 Å². The Balaban J connectivity index is -0.000000529. The third-order valence-electron chi connectivity index (χ3n) is 5.50. The van der Waals surface area contributed by atoms with Crippen LogP contribution in [-0.4, -0.2) is 75.2 Å². The van der Waals surface area contributed by atoms with Crippen molar-refractivity contribution in [2.45, 2.75) is 142 Å². The van der Waals surface area contributed by atoms with Crippen molar-refractivity contribution in [3.05, 3.63) is 0 Å². The van der Waals surface area contributed by atoms with E-state index in [1.807, 2.05) is 0 Å². The summed E-state index contributed by atoms with van der Waals surface area (Å²) in [6.07, 6.45) is 22.9. The van der Waals surface area contributed by atoms with Crippen LogP contribution in [0.2, 0.25) is 0 Å². The zero-order chi connectivity index (χ0) is 24.6. The van der Waals surface area contributed by atoms with E-state index < -0.39 is 20.2 Å². The Morgan fingerprint density at radius 3 is 0.758 bits per heavy atom. The topological polar surface area (TPSA) is 114 Å². The van der Waals surface area contributed by atoms with Gasteiger partial charge in [0.2, 0.25) is 0 Å². The largest absolute Gasteiger partial charge is 2.00 e. The van der Waals surface area contributed by atoms with Crippen molar-refractivity contribution in [2.24, 2.45) is 0 Å². The van der Waals surface area contributed by atoms with E-state index in [2.05, 4.69) is 13.8 Å². The van der Waals surface area contributed by atoms with Crippen LogP contribution in [0.5, 0.6) is 0 Å². The fourth-order valence-corrected chi connectivity index (χ4v) is 4.65. The molecule has 33 heavy (non-hydrogen) atoms. The summed E-state index contributed by atoms with van der Waals surface area (Å²) in [6.45, 7) is 4.42. The minimum Gasteiger partial charge on any atom is -0.748 e. The van der Waals surface area contributed by atoms with Crippen LogP contribution in [0, 0.1) is 0 Å². The SMILES string of the molecule is CCCCCCCCCCCCS(=O)(=O)[O-].CCCCCCCCCCCCS(=O)(=O)[O-].[Ca+2]. The maximum Gasteiger partial charge on any atom is 2.00 e. The molecule has 0 aliphatic heterocycles. The summed E-state index contributed by atoms with van der Waals surface area (Å²) in [5.41, 5.74) is 0. The van der Waals surface area contributed by atoms with Gasteiger partial charge in [0.25, 0.3) is 0 Å². The molecule has 0 aromatic carbocycles. The van der Waals surface area contributed by atoms with Crippen LogP contribution in [0.15, 0.2) is 0 Å². The molecule has 0 radical (unpaired) electrons. The molecule has 0 aromatic rings. The molecule has 0 fully saturated rings. The van der Waals surface area contributed by atoms with Crippen molar-refractivity contribution in [1.82, 2.24) is 0 Å². The fraction of sp³-hybridized carbons (Fsp3) is 1.00. The number of unbranched alkanes of at least 4 members (excludes halogenated alkanes) is 18. The van der Waals surface area contributed by atoms with Gasteiger partial charge >= 0.3 is 37.7 Å². The zero-order valence-electron chi connectivity index (χ0n) is 21.5. The molecule has 0 unspecified atom stereocenters. The van der Waals surface area contributed by atoms with E-state index in [-0.39, 0.29) is 49.2 Å². The Bertz CT molecular complexity index is 528. The second kappa shape index (κ2) is 27.7. The third kappa shape index (κ3) is 43.6. The molecule has 0 bridgehead atoms. The molecule has 0 aliphatic rings. The molecule has 0 amide bonds. The van der Waals surface area contributed by atoms with Crippen molar-refractivity contribution >= 4 is 58.0 Å². The molecule has 196 valence electrons. The van der Waals surface area contributed by atoms with E-state index in [9.17, 15) is 25.9 Å². The van der Waals surface area contributed by atoms with Crippen LogP contribution in [0.1, 0.15) is 142 Å². The monoisotopic (exact) mass is 538 g/mol. The van der Waals surface area contributed by atoms with E-state index >= 15 is 0 Å². The molecular formula is C24H50CaO6S2. The summed E-state index contributed by atoms with van der Waals surface area (Å²) < 4.78 is 61.9. The summed E-state index contributed by atoms with van der Waals surface area (Å²) >= 11 is 0. The summed E-state index contributed by atoms with van der Waals surface area (Å²) in [5, 5.41) is 0. The predicted octanol–water partition coefficient (Wildman–Crippen LogP) is 6.52. The summed E-state index contributed by atoms with van der Waals surface area (Å²) in [5.74, 6) is -0.382. The van der Waals surface area contributed by atoms with E-state index in [1.54, 1.807) is 0 Å². The quantitative estimate of drug-likeness (QED) is 0.0880. The molecule has 0 aliphatic carbocycles. The van der Waals surface area contributed by atoms with Gasteiger partial charge in [-0.2, -0.15) is 0 Å². The van der Waals surface area contributed by atoms with Crippen molar-refractivity contribution in [2.75, 3.05) is 11.5 Å². The summed E-state index contributed by atoms with van der Waals surface area (Å²) in [7, 11) is -7.96. The maximum absolute atomic E-state index is 10.3. The molecule has 6 nitrogen and oxygen atoms in total. The van der Waals surface area contributed by atoms with Crippen LogP contribution < -0.4 is 0 Å². The molecule has 0 spiro atoms. The first-order valence-corrected chi connectivity index (χ1v) is 16.1. The van der Waals surface area contributed by atoms with Gasteiger partial charge in [-0.15, -0.1) is 0 Å². The molecule has 0 atom stereocenters. The van der Waals surface area contributed by atoms with Crippen LogP contribution in [0.3, 0.4) is 0 Å². The van der Waals surface area contributed by atoms with Gasteiger partial charge in [-0.3, -0.25) is 0 Å². The van der Waals surface area contributed by atoms with Crippen molar-refractivity contribution in [1.29, 1.82) is 0 Å². The molecule has 0 saturated heterocycles. The van der Waals surface area contributed by atoms with Crippen molar-refractivity contribution < 1.29 is 25.9 Å². The van der Waals surface area contributed by atoms with Crippen LogP contribution >= 0.6 is 0 Å². The second-order valence-electron chi connectivity index (χ2n) is 8.89. The zero-order valence-corrected chi connectivity index (χ0v) is 25.4. The molecule has 0 N–H and O–H groups in total. The first-order valence-electron chi connectivity index (χ1n) is 13.0. The van der Waals surface area contributed by atoms with Gasteiger partial charge in [0.1, 0.15) is 0 Å². The number of rotatable bonds is 22. The Hall–Kier alpha value is 1.08. The van der Waals surface area contributed by atoms with E-state index in [1.165, 1.54) is 89.9 Å². The van der Waals surface area contributed by atoms with E-state index in [4.69, 9.17) is 0 Å². The minimum absolute atomic E-state index is 0. The van der Waals surface area contributed by atoms with Gasteiger partial charge in [-0.1, -0.05) is 129 Å². The van der Waals surface area contributed by atoms with Gasteiger partial charge in [0.15, 0.2) is 0 Å². The predicted molar refractivity (Wildman–Crippen MR) is 139 cm³/mol. The molecule has 0 saturated carbocycles. The molecular weight excluding hydrogens is 488 g/mol. The van der Waals surface area contributed by atoms with E-state index in [0.29, 0.717) is 12.8 Å². The van der Waals surface area contributed by atoms with Gasteiger partial charge < -0.3 is 9.11 Å². The minimum atomic E-state index is -3.98. The Kier molecular flexibility index (Phi) is 32.4. The molecule has 0 heterocycles. The summed E-state index contributed by atoms with van der Waals surface area (Å²) in [4.78, 5) is 0. The normalized spacial score (nSPS) is 11.5. The van der Waals surface area contributed by atoms with Crippen LogP contribution in [0.25, 0.3) is 0 Å². The van der Waals surface area contributed by atoms with Crippen molar-refractivity contribution in [3.63, 3.8) is 0 Å². The molecule has 0 aromatic heterocycles. The molecule has 9 heteroatoms. The fourth-order valence-electron chi connectivity index (χ4n) is 3.53.